The molecule has 0 saturated heterocycles. The zero-order valence-electron chi connectivity index (χ0n) is 15.5. The third-order valence-corrected chi connectivity index (χ3v) is 5.38. The molecule has 1 amide bonds. The maximum absolute atomic E-state index is 12.7. The van der Waals surface area contributed by atoms with Gasteiger partial charge in [-0.05, 0) is 47.9 Å². The van der Waals surface area contributed by atoms with Crippen LogP contribution in [0.4, 0.5) is 0 Å². The van der Waals surface area contributed by atoms with E-state index in [0.29, 0.717) is 5.75 Å². The topological polar surface area (TPSA) is 38.3 Å². The van der Waals surface area contributed by atoms with E-state index in [4.69, 9.17) is 4.74 Å². The molecule has 3 aromatic carbocycles. The Morgan fingerprint density at radius 2 is 1.63 bits per heavy atom. The van der Waals surface area contributed by atoms with Crippen molar-refractivity contribution in [2.24, 2.45) is 0 Å². The molecule has 4 heteroatoms. The van der Waals surface area contributed by atoms with Crippen LogP contribution in [0.3, 0.4) is 0 Å². The van der Waals surface area contributed by atoms with E-state index in [1.807, 2.05) is 66.7 Å². The summed E-state index contributed by atoms with van der Waals surface area (Å²) < 4.78 is 5.17. The Morgan fingerprint density at radius 1 is 0.963 bits per heavy atom. The van der Waals surface area contributed by atoms with Gasteiger partial charge in [-0.3, -0.25) is 4.79 Å². The van der Waals surface area contributed by atoms with Gasteiger partial charge in [-0.1, -0.05) is 54.6 Å². The Morgan fingerprint density at radius 3 is 2.30 bits per heavy atom. The smallest absolute Gasteiger partial charge is 0.231 e. The highest BCUT2D eigenvalue weighted by Crippen LogP contribution is 2.26. The van der Waals surface area contributed by atoms with Crippen molar-refractivity contribution in [3.63, 3.8) is 0 Å². The van der Waals surface area contributed by atoms with Crippen LogP contribution >= 0.6 is 11.8 Å². The normalized spacial score (nSPS) is 11.6. The van der Waals surface area contributed by atoms with E-state index in [0.717, 1.165) is 27.3 Å². The van der Waals surface area contributed by atoms with Gasteiger partial charge >= 0.3 is 0 Å². The van der Waals surface area contributed by atoms with Gasteiger partial charge < -0.3 is 10.1 Å². The van der Waals surface area contributed by atoms with Crippen LogP contribution in [-0.4, -0.2) is 18.8 Å². The monoisotopic (exact) mass is 377 g/mol. The molecule has 0 unspecified atom stereocenters. The van der Waals surface area contributed by atoms with E-state index in [-0.39, 0.29) is 11.9 Å². The molecule has 0 saturated carbocycles. The first-order valence-corrected chi connectivity index (χ1v) is 9.82. The number of amides is 1. The number of thioether (sulfide) groups is 1. The first-order chi connectivity index (χ1) is 13.2. The number of nitrogens with one attached hydrogen (secondary N) is 1. The number of hydrogen-bond acceptors (Lipinski definition) is 3. The van der Waals surface area contributed by atoms with Gasteiger partial charge in [0.1, 0.15) is 5.75 Å². The molecule has 0 aliphatic heterocycles. The molecule has 0 radical (unpaired) electrons. The average Bonchev–Trinajstić information content (AvgIpc) is 2.72. The second kappa shape index (κ2) is 9.28. The van der Waals surface area contributed by atoms with Gasteiger partial charge in [0.05, 0.1) is 18.9 Å². The van der Waals surface area contributed by atoms with Crippen LogP contribution < -0.4 is 10.1 Å². The van der Waals surface area contributed by atoms with Crippen LogP contribution in [0.15, 0.2) is 83.8 Å². The first kappa shape index (κ1) is 19.1. The lowest BCUT2D eigenvalue weighted by atomic mass is 9.95. The van der Waals surface area contributed by atoms with Gasteiger partial charge in [-0.2, -0.15) is 0 Å². The predicted molar refractivity (Wildman–Crippen MR) is 111 cm³/mol. The zero-order valence-corrected chi connectivity index (χ0v) is 16.3. The van der Waals surface area contributed by atoms with E-state index in [1.165, 1.54) is 11.8 Å². The Hall–Kier alpha value is -2.72. The van der Waals surface area contributed by atoms with Gasteiger partial charge in [0.2, 0.25) is 5.91 Å². The maximum Gasteiger partial charge on any atom is 0.231 e. The standard InChI is InChI=1S/C23H23NO2S/c1-17-8-6-7-11-21(17)23(18-9-4-3-5-10-18)24-22(25)16-27-20-14-12-19(26-2)13-15-20/h3-15,23H,16H2,1-2H3,(H,24,25)/t23-/m0/s1. The fourth-order valence-corrected chi connectivity index (χ4v) is 3.63. The molecule has 0 bridgehead atoms. The number of benzene rings is 3. The summed E-state index contributed by atoms with van der Waals surface area (Å²) in [6.45, 7) is 2.07. The summed E-state index contributed by atoms with van der Waals surface area (Å²) in [6, 6.07) is 25.8. The number of carbonyl (C=O) groups excluding carboxylic acids is 1. The minimum atomic E-state index is -0.156. The highest BCUT2D eigenvalue weighted by molar-refractivity contribution is 8.00. The van der Waals surface area contributed by atoms with Crippen LogP contribution in [0.2, 0.25) is 0 Å². The van der Waals surface area contributed by atoms with E-state index in [2.05, 4.69) is 24.4 Å². The summed E-state index contributed by atoms with van der Waals surface area (Å²) in [7, 11) is 1.64. The van der Waals surface area contributed by atoms with Crippen molar-refractivity contribution in [2.75, 3.05) is 12.9 Å². The zero-order chi connectivity index (χ0) is 19.1. The quantitative estimate of drug-likeness (QED) is 0.589. The molecular weight excluding hydrogens is 354 g/mol. The molecule has 138 valence electrons. The highest BCUT2D eigenvalue weighted by Gasteiger charge is 2.18. The molecule has 1 atom stereocenters. The fourth-order valence-electron chi connectivity index (χ4n) is 2.92. The van der Waals surface area contributed by atoms with Crippen molar-refractivity contribution < 1.29 is 9.53 Å². The second-order valence-corrected chi connectivity index (χ2v) is 7.28. The molecule has 0 spiro atoms. The Labute approximate surface area is 164 Å². The summed E-state index contributed by atoms with van der Waals surface area (Å²) in [5.41, 5.74) is 3.36. The Bertz CT molecular complexity index is 878. The molecule has 0 aliphatic rings. The number of carbonyl (C=O) groups is 1. The third kappa shape index (κ3) is 5.14. The van der Waals surface area contributed by atoms with Gasteiger partial charge in [-0.25, -0.2) is 0 Å². The second-order valence-electron chi connectivity index (χ2n) is 6.23. The summed E-state index contributed by atoms with van der Waals surface area (Å²) in [5, 5.41) is 3.20. The summed E-state index contributed by atoms with van der Waals surface area (Å²) in [6.07, 6.45) is 0. The van der Waals surface area contributed by atoms with Gasteiger partial charge in [0.25, 0.3) is 0 Å². The van der Waals surface area contributed by atoms with Crippen molar-refractivity contribution >= 4 is 17.7 Å². The minimum Gasteiger partial charge on any atom is -0.497 e. The van der Waals surface area contributed by atoms with Crippen LogP contribution in [0.1, 0.15) is 22.7 Å². The number of rotatable bonds is 7. The number of aryl methyl sites for hydroxylation is 1. The van der Waals surface area contributed by atoms with E-state index < -0.39 is 0 Å². The molecule has 27 heavy (non-hydrogen) atoms. The number of hydrogen-bond donors (Lipinski definition) is 1. The van der Waals surface area contributed by atoms with E-state index >= 15 is 0 Å². The van der Waals surface area contributed by atoms with Crippen molar-refractivity contribution in [2.45, 2.75) is 17.9 Å². The molecule has 0 aromatic heterocycles. The van der Waals surface area contributed by atoms with Crippen molar-refractivity contribution in [3.8, 4) is 5.75 Å². The van der Waals surface area contributed by atoms with Gasteiger partial charge in [0.15, 0.2) is 0 Å². The molecule has 0 heterocycles. The van der Waals surface area contributed by atoms with Crippen molar-refractivity contribution in [3.05, 3.63) is 95.6 Å². The number of methoxy groups -OCH3 is 1. The van der Waals surface area contributed by atoms with Crippen molar-refractivity contribution in [1.82, 2.24) is 5.32 Å². The first-order valence-electron chi connectivity index (χ1n) is 8.84. The highest BCUT2D eigenvalue weighted by atomic mass is 32.2. The van der Waals surface area contributed by atoms with Crippen LogP contribution in [0.5, 0.6) is 5.75 Å². The minimum absolute atomic E-state index is 0.00734. The number of ether oxygens (including phenoxy) is 1. The Kier molecular flexibility index (Phi) is 6.55. The van der Waals surface area contributed by atoms with Gasteiger partial charge in [-0.15, -0.1) is 11.8 Å². The van der Waals surface area contributed by atoms with E-state index in [9.17, 15) is 4.79 Å². The van der Waals surface area contributed by atoms with Crippen molar-refractivity contribution in [1.29, 1.82) is 0 Å². The SMILES string of the molecule is COc1ccc(SCC(=O)N[C@@H](c2ccccc2)c2ccccc2C)cc1. The van der Waals surface area contributed by atoms with Gasteiger partial charge in [0, 0.05) is 4.90 Å². The molecule has 3 nitrogen and oxygen atoms in total. The Balaban J connectivity index is 1.72. The maximum atomic E-state index is 12.7. The average molecular weight is 378 g/mol. The molecule has 0 fully saturated rings. The fraction of sp³-hybridized carbons (Fsp3) is 0.174. The lowest BCUT2D eigenvalue weighted by Gasteiger charge is -2.21. The molecule has 3 aromatic rings. The molecule has 1 N–H and O–H groups in total. The molecule has 0 aliphatic carbocycles. The summed E-state index contributed by atoms with van der Waals surface area (Å²) in [4.78, 5) is 13.7. The van der Waals surface area contributed by atoms with Crippen LogP contribution in [0, 0.1) is 6.92 Å². The van der Waals surface area contributed by atoms with E-state index in [1.54, 1.807) is 7.11 Å². The molecular formula is C23H23NO2S. The largest absolute Gasteiger partial charge is 0.497 e. The lowest BCUT2D eigenvalue weighted by molar-refractivity contribution is -0.119. The van der Waals surface area contributed by atoms with Crippen LogP contribution in [0.25, 0.3) is 0 Å². The summed E-state index contributed by atoms with van der Waals surface area (Å²) >= 11 is 1.52. The predicted octanol–water partition coefficient (Wildman–Crippen LogP) is 5.00. The third-order valence-electron chi connectivity index (χ3n) is 4.37. The lowest BCUT2D eigenvalue weighted by Crippen LogP contribution is -2.31. The molecule has 3 rings (SSSR count). The summed E-state index contributed by atoms with van der Waals surface area (Å²) in [5.74, 6) is 1.18. The van der Waals surface area contributed by atoms with Crippen LogP contribution in [-0.2, 0) is 4.79 Å².